The lowest BCUT2D eigenvalue weighted by molar-refractivity contribution is 0.414. The van der Waals surface area contributed by atoms with Crippen molar-refractivity contribution in [2.45, 2.75) is 0 Å². The summed E-state index contributed by atoms with van der Waals surface area (Å²) < 4.78 is 6.35. The van der Waals surface area contributed by atoms with Gasteiger partial charge in [0, 0.05) is 8.59 Å². The molecule has 2 rings (SSSR count). The molecule has 0 heterocycles. The van der Waals surface area contributed by atoms with E-state index in [0.29, 0.717) is 0 Å². The molecule has 0 aliphatic carbocycles. The molecule has 0 spiro atoms. The van der Waals surface area contributed by atoms with E-state index < -0.39 is 0 Å². The Bertz CT molecular complexity index is 494. The minimum absolute atomic E-state index is 0.757. The summed E-state index contributed by atoms with van der Waals surface area (Å²) in [6.07, 6.45) is 0. The predicted octanol–water partition coefficient (Wildman–Crippen LogP) is 4.62. The molecular weight excluding hydrogens is 334 g/mol. The molecular formula is C13H10ClIO. The third-order valence-electron chi connectivity index (χ3n) is 2.33. The lowest BCUT2D eigenvalue weighted by Gasteiger charge is -2.07. The molecule has 0 radical (unpaired) electrons. The van der Waals surface area contributed by atoms with E-state index >= 15 is 0 Å². The van der Waals surface area contributed by atoms with Gasteiger partial charge in [0.1, 0.15) is 5.75 Å². The van der Waals surface area contributed by atoms with Gasteiger partial charge in [-0.05, 0) is 64.0 Å². The van der Waals surface area contributed by atoms with Gasteiger partial charge in [0.25, 0.3) is 0 Å². The van der Waals surface area contributed by atoms with Crippen LogP contribution in [0.3, 0.4) is 0 Å². The highest BCUT2D eigenvalue weighted by atomic mass is 127. The molecule has 0 saturated carbocycles. The number of methoxy groups -OCH3 is 1. The largest absolute Gasteiger partial charge is 0.497 e. The monoisotopic (exact) mass is 344 g/mol. The smallest absolute Gasteiger partial charge is 0.119 e. The van der Waals surface area contributed by atoms with Crippen molar-refractivity contribution in [3.8, 4) is 16.9 Å². The van der Waals surface area contributed by atoms with Crippen LogP contribution >= 0.6 is 34.2 Å². The Morgan fingerprint density at radius 1 is 1.06 bits per heavy atom. The Morgan fingerprint density at radius 3 is 2.31 bits per heavy atom. The molecule has 0 atom stereocenters. The molecule has 2 aromatic rings. The zero-order valence-electron chi connectivity index (χ0n) is 8.71. The van der Waals surface area contributed by atoms with Crippen molar-refractivity contribution < 1.29 is 4.74 Å². The molecule has 0 aliphatic rings. The first-order valence-corrected chi connectivity index (χ1v) is 6.26. The van der Waals surface area contributed by atoms with Crippen LogP contribution in [0.5, 0.6) is 5.75 Å². The molecule has 0 bridgehead atoms. The van der Waals surface area contributed by atoms with Gasteiger partial charge in [-0.25, -0.2) is 0 Å². The van der Waals surface area contributed by atoms with Crippen LogP contribution in [-0.4, -0.2) is 7.11 Å². The first-order chi connectivity index (χ1) is 7.70. The zero-order valence-corrected chi connectivity index (χ0v) is 11.6. The fourth-order valence-corrected chi connectivity index (χ4v) is 2.41. The van der Waals surface area contributed by atoms with Crippen LogP contribution in [0.4, 0.5) is 0 Å². The maximum absolute atomic E-state index is 5.86. The van der Waals surface area contributed by atoms with Gasteiger partial charge in [0.05, 0.1) is 7.11 Å². The molecule has 0 aromatic heterocycles. The standard InChI is InChI=1S/C13H10ClIO/c1-16-11-6-7-12(13(15)8-11)9-2-4-10(14)5-3-9/h2-8H,1H3. The van der Waals surface area contributed by atoms with Gasteiger partial charge < -0.3 is 4.74 Å². The molecule has 0 aliphatic heterocycles. The van der Waals surface area contributed by atoms with Crippen LogP contribution in [0.25, 0.3) is 11.1 Å². The maximum Gasteiger partial charge on any atom is 0.119 e. The molecule has 0 N–H and O–H groups in total. The SMILES string of the molecule is COc1ccc(-c2ccc(Cl)cc2)c(I)c1. The predicted molar refractivity (Wildman–Crippen MR) is 76.2 cm³/mol. The van der Waals surface area contributed by atoms with Crippen molar-refractivity contribution in [1.82, 2.24) is 0 Å². The van der Waals surface area contributed by atoms with Crippen LogP contribution in [0.1, 0.15) is 0 Å². The average Bonchev–Trinajstić information content (AvgIpc) is 2.30. The fraction of sp³-hybridized carbons (Fsp3) is 0.0769. The third-order valence-corrected chi connectivity index (χ3v) is 3.48. The van der Waals surface area contributed by atoms with E-state index in [0.717, 1.165) is 16.3 Å². The highest BCUT2D eigenvalue weighted by Gasteiger charge is 2.04. The van der Waals surface area contributed by atoms with Gasteiger partial charge in [-0.2, -0.15) is 0 Å². The summed E-state index contributed by atoms with van der Waals surface area (Å²) >= 11 is 8.17. The van der Waals surface area contributed by atoms with E-state index in [1.807, 2.05) is 36.4 Å². The summed E-state index contributed by atoms with van der Waals surface area (Å²) in [7, 11) is 1.67. The average molecular weight is 345 g/mol. The Kier molecular flexibility index (Phi) is 3.71. The first kappa shape index (κ1) is 11.7. The maximum atomic E-state index is 5.86. The molecule has 0 unspecified atom stereocenters. The molecule has 0 saturated heterocycles. The molecule has 16 heavy (non-hydrogen) atoms. The molecule has 0 fully saturated rings. The molecule has 2 aromatic carbocycles. The first-order valence-electron chi connectivity index (χ1n) is 4.80. The normalized spacial score (nSPS) is 10.2. The van der Waals surface area contributed by atoms with Gasteiger partial charge in [-0.15, -0.1) is 0 Å². The third kappa shape index (κ3) is 2.50. The van der Waals surface area contributed by atoms with Crippen molar-refractivity contribution in [3.63, 3.8) is 0 Å². The van der Waals surface area contributed by atoms with E-state index in [4.69, 9.17) is 16.3 Å². The van der Waals surface area contributed by atoms with Gasteiger partial charge in [0.15, 0.2) is 0 Å². The van der Waals surface area contributed by atoms with Gasteiger partial charge in [0.2, 0.25) is 0 Å². The van der Waals surface area contributed by atoms with Crippen LogP contribution in [0.2, 0.25) is 5.02 Å². The second kappa shape index (κ2) is 5.06. The topological polar surface area (TPSA) is 9.23 Å². The van der Waals surface area contributed by atoms with Gasteiger partial charge in [-0.1, -0.05) is 23.7 Å². The molecule has 82 valence electrons. The van der Waals surface area contributed by atoms with Crippen molar-refractivity contribution in [2.24, 2.45) is 0 Å². The Morgan fingerprint density at radius 2 is 1.75 bits per heavy atom. The van der Waals surface area contributed by atoms with E-state index in [-0.39, 0.29) is 0 Å². The fourth-order valence-electron chi connectivity index (χ4n) is 1.49. The van der Waals surface area contributed by atoms with Crippen molar-refractivity contribution in [3.05, 3.63) is 51.1 Å². The second-order valence-electron chi connectivity index (χ2n) is 3.35. The highest BCUT2D eigenvalue weighted by Crippen LogP contribution is 2.29. The second-order valence-corrected chi connectivity index (χ2v) is 4.95. The summed E-state index contributed by atoms with van der Waals surface area (Å²) in [6, 6.07) is 13.9. The number of benzene rings is 2. The summed E-state index contributed by atoms with van der Waals surface area (Å²) in [6.45, 7) is 0. The quantitative estimate of drug-likeness (QED) is 0.722. The molecule has 1 nitrogen and oxygen atoms in total. The minimum atomic E-state index is 0.757. The van der Waals surface area contributed by atoms with Crippen molar-refractivity contribution in [1.29, 1.82) is 0 Å². The van der Waals surface area contributed by atoms with E-state index in [1.165, 1.54) is 9.13 Å². The van der Waals surface area contributed by atoms with Crippen molar-refractivity contribution >= 4 is 34.2 Å². The summed E-state index contributed by atoms with van der Waals surface area (Å²) in [4.78, 5) is 0. The Hall–Kier alpha value is -0.740. The van der Waals surface area contributed by atoms with Crippen LogP contribution in [0, 0.1) is 3.57 Å². The molecule has 3 heteroatoms. The number of ether oxygens (including phenoxy) is 1. The highest BCUT2D eigenvalue weighted by molar-refractivity contribution is 14.1. The van der Waals surface area contributed by atoms with E-state index in [2.05, 4.69) is 28.7 Å². The Labute approximate surface area is 114 Å². The zero-order chi connectivity index (χ0) is 11.5. The van der Waals surface area contributed by atoms with Crippen LogP contribution in [0.15, 0.2) is 42.5 Å². The summed E-state index contributed by atoms with van der Waals surface area (Å²) in [5, 5.41) is 0.757. The lowest BCUT2D eigenvalue weighted by Crippen LogP contribution is -1.86. The van der Waals surface area contributed by atoms with E-state index in [9.17, 15) is 0 Å². The number of hydrogen-bond donors (Lipinski definition) is 0. The number of halogens is 2. The minimum Gasteiger partial charge on any atom is -0.497 e. The van der Waals surface area contributed by atoms with Crippen molar-refractivity contribution in [2.75, 3.05) is 7.11 Å². The number of hydrogen-bond acceptors (Lipinski definition) is 1. The lowest BCUT2D eigenvalue weighted by atomic mass is 10.1. The van der Waals surface area contributed by atoms with E-state index in [1.54, 1.807) is 7.11 Å². The summed E-state index contributed by atoms with van der Waals surface area (Å²) in [5.74, 6) is 0.877. The number of rotatable bonds is 2. The molecule has 0 amide bonds. The summed E-state index contributed by atoms with van der Waals surface area (Å²) in [5.41, 5.74) is 2.36. The van der Waals surface area contributed by atoms with Gasteiger partial charge in [-0.3, -0.25) is 0 Å². The Balaban J connectivity index is 2.44. The van der Waals surface area contributed by atoms with Gasteiger partial charge >= 0.3 is 0 Å². The van der Waals surface area contributed by atoms with Crippen LogP contribution in [-0.2, 0) is 0 Å². The van der Waals surface area contributed by atoms with Crippen LogP contribution < -0.4 is 4.74 Å².